The summed E-state index contributed by atoms with van der Waals surface area (Å²) in [4.78, 5) is 11.7. The molecule has 0 aromatic heterocycles. The van der Waals surface area contributed by atoms with Gasteiger partial charge in [0, 0.05) is 26.1 Å². The summed E-state index contributed by atoms with van der Waals surface area (Å²) in [6, 6.07) is 0. The van der Waals surface area contributed by atoms with E-state index >= 15 is 0 Å². The number of ether oxygens (including phenoxy) is 1. The van der Waals surface area contributed by atoms with Crippen molar-refractivity contribution in [2.45, 2.75) is 142 Å². The number of carbonyl (C=O) groups is 1. The van der Waals surface area contributed by atoms with E-state index in [1.807, 2.05) is 0 Å². The van der Waals surface area contributed by atoms with Gasteiger partial charge in [0.15, 0.2) is 6.23 Å². The standard InChI is InChI=1S/C26H55N3O2/c1-2-3-4-5-6-7-8-9-10-11-12-13-14-15-16-17-18-19-20-21-26(30)31-25(28)24-29-23-22-27/h25,29H,2-24,27-28H2,1H3. The number of esters is 1. The van der Waals surface area contributed by atoms with Crippen molar-refractivity contribution < 1.29 is 9.53 Å². The van der Waals surface area contributed by atoms with Crippen LogP contribution in [-0.2, 0) is 9.53 Å². The van der Waals surface area contributed by atoms with Gasteiger partial charge in [-0.3, -0.25) is 10.5 Å². The minimum Gasteiger partial charge on any atom is -0.445 e. The van der Waals surface area contributed by atoms with Gasteiger partial charge in [0.05, 0.1) is 0 Å². The highest BCUT2D eigenvalue weighted by molar-refractivity contribution is 5.69. The van der Waals surface area contributed by atoms with Gasteiger partial charge in [0.25, 0.3) is 0 Å². The van der Waals surface area contributed by atoms with Crippen LogP contribution in [0.1, 0.15) is 135 Å². The molecule has 186 valence electrons. The summed E-state index contributed by atoms with van der Waals surface area (Å²) in [5, 5.41) is 3.04. The molecule has 0 aliphatic rings. The third-order valence-corrected chi connectivity index (χ3v) is 5.93. The molecular weight excluding hydrogens is 386 g/mol. The van der Waals surface area contributed by atoms with E-state index in [0.717, 1.165) is 12.8 Å². The molecular formula is C26H55N3O2. The van der Waals surface area contributed by atoms with Gasteiger partial charge in [-0.2, -0.15) is 0 Å². The second-order valence-corrected chi connectivity index (χ2v) is 9.14. The lowest BCUT2D eigenvalue weighted by atomic mass is 10.0. The van der Waals surface area contributed by atoms with E-state index in [1.165, 1.54) is 109 Å². The van der Waals surface area contributed by atoms with Crippen LogP contribution in [0.5, 0.6) is 0 Å². The molecule has 5 heteroatoms. The summed E-state index contributed by atoms with van der Waals surface area (Å²) in [7, 11) is 0. The van der Waals surface area contributed by atoms with Crippen LogP contribution in [0.3, 0.4) is 0 Å². The molecule has 0 rings (SSSR count). The minimum absolute atomic E-state index is 0.186. The zero-order valence-corrected chi connectivity index (χ0v) is 20.8. The zero-order valence-electron chi connectivity index (χ0n) is 20.8. The lowest BCUT2D eigenvalue weighted by molar-refractivity contribution is -0.148. The second-order valence-electron chi connectivity index (χ2n) is 9.14. The highest BCUT2D eigenvalue weighted by Crippen LogP contribution is 2.14. The van der Waals surface area contributed by atoms with Crippen molar-refractivity contribution in [3.63, 3.8) is 0 Å². The summed E-state index contributed by atoms with van der Waals surface area (Å²) in [6.07, 6.45) is 25.6. The van der Waals surface area contributed by atoms with Gasteiger partial charge < -0.3 is 15.8 Å². The zero-order chi connectivity index (χ0) is 22.8. The Balaban J connectivity index is 3.17. The van der Waals surface area contributed by atoms with Crippen molar-refractivity contribution in [3.05, 3.63) is 0 Å². The van der Waals surface area contributed by atoms with Crippen molar-refractivity contribution in [1.29, 1.82) is 0 Å². The van der Waals surface area contributed by atoms with Crippen LogP contribution in [-0.4, -0.2) is 31.8 Å². The number of unbranched alkanes of at least 4 members (excludes halogenated alkanes) is 18. The van der Waals surface area contributed by atoms with Crippen molar-refractivity contribution in [1.82, 2.24) is 5.32 Å². The van der Waals surface area contributed by atoms with E-state index in [9.17, 15) is 4.79 Å². The Morgan fingerprint density at radius 3 is 1.48 bits per heavy atom. The number of hydrogen-bond acceptors (Lipinski definition) is 5. The van der Waals surface area contributed by atoms with Gasteiger partial charge in [-0.25, -0.2) is 0 Å². The van der Waals surface area contributed by atoms with Crippen LogP contribution >= 0.6 is 0 Å². The van der Waals surface area contributed by atoms with Crippen molar-refractivity contribution in [2.24, 2.45) is 11.5 Å². The third kappa shape index (κ3) is 25.5. The molecule has 5 N–H and O–H groups in total. The highest BCUT2D eigenvalue weighted by Gasteiger charge is 2.08. The van der Waals surface area contributed by atoms with Crippen molar-refractivity contribution >= 4 is 5.97 Å². The molecule has 0 aromatic carbocycles. The van der Waals surface area contributed by atoms with E-state index in [-0.39, 0.29) is 5.97 Å². The molecule has 0 saturated heterocycles. The molecule has 0 amide bonds. The third-order valence-electron chi connectivity index (χ3n) is 5.93. The van der Waals surface area contributed by atoms with Crippen LogP contribution in [0.2, 0.25) is 0 Å². The molecule has 0 bridgehead atoms. The van der Waals surface area contributed by atoms with Gasteiger partial charge in [-0.1, -0.05) is 122 Å². The van der Waals surface area contributed by atoms with E-state index in [4.69, 9.17) is 16.2 Å². The van der Waals surface area contributed by atoms with Gasteiger partial charge in [0.2, 0.25) is 0 Å². The normalized spacial score (nSPS) is 12.2. The largest absolute Gasteiger partial charge is 0.445 e. The van der Waals surface area contributed by atoms with E-state index in [2.05, 4.69) is 12.2 Å². The van der Waals surface area contributed by atoms with Gasteiger partial charge in [-0.15, -0.1) is 0 Å². The summed E-state index contributed by atoms with van der Waals surface area (Å²) >= 11 is 0. The first-order valence-corrected chi connectivity index (χ1v) is 13.6. The lowest BCUT2D eigenvalue weighted by Crippen LogP contribution is -2.39. The first-order chi connectivity index (χ1) is 15.2. The van der Waals surface area contributed by atoms with Crippen molar-refractivity contribution in [2.75, 3.05) is 19.6 Å². The summed E-state index contributed by atoms with van der Waals surface area (Å²) in [5.41, 5.74) is 11.1. The monoisotopic (exact) mass is 441 g/mol. The molecule has 0 aliphatic carbocycles. The van der Waals surface area contributed by atoms with Crippen LogP contribution in [0.25, 0.3) is 0 Å². The smallest absolute Gasteiger partial charge is 0.307 e. The fraction of sp³-hybridized carbons (Fsp3) is 0.962. The minimum atomic E-state index is -0.570. The predicted octanol–water partition coefficient (Wildman–Crippen LogP) is 6.18. The second kappa shape index (κ2) is 25.6. The average Bonchev–Trinajstić information content (AvgIpc) is 2.75. The first-order valence-electron chi connectivity index (χ1n) is 13.6. The Morgan fingerprint density at radius 1 is 0.710 bits per heavy atom. The molecule has 0 saturated carbocycles. The molecule has 0 radical (unpaired) electrons. The van der Waals surface area contributed by atoms with Crippen LogP contribution in [0.4, 0.5) is 0 Å². The Morgan fingerprint density at radius 2 is 1.10 bits per heavy atom. The Hall–Kier alpha value is -0.650. The predicted molar refractivity (Wildman–Crippen MR) is 134 cm³/mol. The summed E-state index contributed by atoms with van der Waals surface area (Å²) in [5.74, 6) is -0.186. The molecule has 0 heterocycles. The SMILES string of the molecule is CCCCCCCCCCCCCCCCCCCCCC(=O)OC(N)CNCCN. The van der Waals surface area contributed by atoms with Gasteiger partial charge in [-0.05, 0) is 6.42 Å². The van der Waals surface area contributed by atoms with Crippen LogP contribution < -0.4 is 16.8 Å². The maximum atomic E-state index is 11.7. The molecule has 0 aromatic rings. The summed E-state index contributed by atoms with van der Waals surface area (Å²) < 4.78 is 5.17. The Labute approximate surface area is 193 Å². The quantitative estimate of drug-likeness (QED) is 0.0893. The average molecular weight is 442 g/mol. The van der Waals surface area contributed by atoms with Crippen LogP contribution in [0, 0.1) is 0 Å². The molecule has 31 heavy (non-hydrogen) atoms. The summed E-state index contributed by atoms with van der Waals surface area (Å²) in [6.45, 7) is 3.99. The molecule has 5 nitrogen and oxygen atoms in total. The molecule has 1 atom stereocenters. The molecule has 0 spiro atoms. The number of nitrogens with one attached hydrogen (secondary N) is 1. The number of hydrogen-bond donors (Lipinski definition) is 3. The van der Waals surface area contributed by atoms with E-state index in [1.54, 1.807) is 0 Å². The number of carbonyl (C=O) groups excluding carboxylic acids is 1. The Bertz CT molecular complexity index is 367. The molecule has 0 fully saturated rings. The lowest BCUT2D eigenvalue weighted by Gasteiger charge is -2.13. The fourth-order valence-corrected chi connectivity index (χ4v) is 3.96. The fourth-order valence-electron chi connectivity index (χ4n) is 3.96. The van der Waals surface area contributed by atoms with Crippen LogP contribution in [0.15, 0.2) is 0 Å². The molecule has 0 aliphatic heterocycles. The van der Waals surface area contributed by atoms with Gasteiger partial charge >= 0.3 is 5.97 Å². The maximum absolute atomic E-state index is 11.7. The van der Waals surface area contributed by atoms with Gasteiger partial charge in [0.1, 0.15) is 0 Å². The number of rotatable bonds is 25. The van der Waals surface area contributed by atoms with Crippen molar-refractivity contribution in [3.8, 4) is 0 Å². The van der Waals surface area contributed by atoms with E-state index in [0.29, 0.717) is 26.1 Å². The first kappa shape index (κ1) is 30.4. The van der Waals surface area contributed by atoms with E-state index < -0.39 is 6.23 Å². The Kier molecular flexibility index (Phi) is 25.1. The maximum Gasteiger partial charge on any atom is 0.307 e. The molecule has 1 unspecified atom stereocenters. The highest BCUT2D eigenvalue weighted by atomic mass is 16.6. The number of nitrogens with two attached hydrogens (primary N) is 2. The topological polar surface area (TPSA) is 90.4 Å².